The summed E-state index contributed by atoms with van der Waals surface area (Å²) in [5.74, 6) is -1.14. The first-order chi connectivity index (χ1) is 9.79. The number of rotatable bonds is 4. The second-order valence-electron chi connectivity index (χ2n) is 5.36. The third-order valence-corrected chi connectivity index (χ3v) is 5.22. The molecule has 0 aliphatic carbocycles. The number of nitrogens with one attached hydrogen (secondary N) is 1. The van der Waals surface area contributed by atoms with Gasteiger partial charge in [-0.05, 0) is 45.5 Å². The second kappa shape index (κ2) is 6.08. The van der Waals surface area contributed by atoms with Gasteiger partial charge in [0.15, 0.2) is 5.03 Å². The minimum absolute atomic E-state index is 0.0399. The van der Waals surface area contributed by atoms with Gasteiger partial charge in [-0.3, -0.25) is 0 Å². The molecule has 0 aromatic carbocycles. The quantitative estimate of drug-likeness (QED) is 0.841. The fraction of sp³-hybridized carbons (Fsp3) is 0.538. The van der Waals surface area contributed by atoms with Crippen molar-refractivity contribution in [1.29, 1.82) is 0 Å². The van der Waals surface area contributed by atoms with Gasteiger partial charge in [-0.2, -0.15) is 0 Å². The fourth-order valence-electron chi connectivity index (χ4n) is 2.34. The van der Waals surface area contributed by atoms with E-state index in [2.05, 4.69) is 21.5 Å². The van der Waals surface area contributed by atoms with Crippen molar-refractivity contribution in [2.75, 3.05) is 13.6 Å². The maximum atomic E-state index is 12.2. The first kappa shape index (κ1) is 15.9. The zero-order valence-corrected chi connectivity index (χ0v) is 12.8. The average Bonchev–Trinajstić information content (AvgIpc) is 2.43. The van der Waals surface area contributed by atoms with Gasteiger partial charge in [0.05, 0.1) is 5.56 Å². The van der Waals surface area contributed by atoms with Crippen LogP contribution in [-0.2, 0) is 10.0 Å². The number of carboxylic acids is 1. The van der Waals surface area contributed by atoms with Gasteiger partial charge in [0.1, 0.15) is 0 Å². The monoisotopic (exact) mass is 313 g/mol. The highest BCUT2D eigenvalue weighted by Crippen LogP contribution is 2.17. The van der Waals surface area contributed by atoms with Gasteiger partial charge in [-0.25, -0.2) is 22.9 Å². The molecule has 2 atom stereocenters. The van der Waals surface area contributed by atoms with Gasteiger partial charge < -0.3 is 10.0 Å². The largest absolute Gasteiger partial charge is 0.478 e. The first-order valence-corrected chi connectivity index (χ1v) is 8.20. The van der Waals surface area contributed by atoms with Gasteiger partial charge in [-0.1, -0.05) is 0 Å². The molecule has 21 heavy (non-hydrogen) atoms. The highest BCUT2D eigenvalue weighted by molar-refractivity contribution is 7.89. The Morgan fingerprint density at radius 1 is 1.48 bits per heavy atom. The summed E-state index contributed by atoms with van der Waals surface area (Å²) < 4.78 is 27.1. The predicted octanol–water partition coefficient (Wildman–Crippen LogP) is 0.541. The molecular formula is C13H19N3O4S. The number of carboxylic acid groups (broad SMARTS) is 1. The van der Waals surface area contributed by atoms with E-state index >= 15 is 0 Å². The van der Waals surface area contributed by atoms with Gasteiger partial charge in [-0.15, -0.1) is 0 Å². The molecule has 1 saturated heterocycles. The number of nitrogens with zero attached hydrogens (tertiary/aromatic N) is 2. The topological polar surface area (TPSA) is 99.6 Å². The Morgan fingerprint density at radius 2 is 2.19 bits per heavy atom. The second-order valence-corrected chi connectivity index (χ2v) is 7.02. The van der Waals surface area contributed by atoms with Gasteiger partial charge in [0.2, 0.25) is 0 Å². The van der Waals surface area contributed by atoms with Crippen LogP contribution in [0.2, 0.25) is 0 Å². The van der Waals surface area contributed by atoms with Gasteiger partial charge in [0, 0.05) is 18.3 Å². The Balaban J connectivity index is 2.09. The number of aromatic nitrogens is 1. The summed E-state index contributed by atoms with van der Waals surface area (Å²) in [6.07, 6.45) is 2.53. The molecule has 1 aliphatic rings. The Hall–Kier alpha value is -1.51. The number of pyridine rings is 1. The zero-order valence-electron chi connectivity index (χ0n) is 12.0. The number of sulfonamides is 1. The maximum absolute atomic E-state index is 12.2. The van der Waals surface area contributed by atoms with Crippen LogP contribution in [-0.4, -0.2) is 55.1 Å². The lowest BCUT2D eigenvalue weighted by Crippen LogP contribution is -2.47. The highest BCUT2D eigenvalue weighted by atomic mass is 32.2. The molecule has 1 aromatic heterocycles. The van der Waals surface area contributed by atoms with E-state index < -0.39 is 16.0 Å². The minimum Gasteiger partial charge on any atom is -0.478 e. The van der Waals surface area contributed by atoms with E-state index in [1.807, 2.05) is 7.05 Å². The van der Waals surface area contributed by atoms with Crippen molar-refractivity contribution < 1.29 is 18.3 Å². The van der Waals surface area contributed by atoms with Crippen LogP contribution < -0.4 is 4.72 Å². The number of likely N-dealkylation sites (tertiary alicyclic amines) is 1. The minimum atomic E-state index is -3.72. The molecule has 116 valence electrons. The molecule has 2 N–H and O–H groups in total. The number of hydrogen-bond acceptors (Lipinski definition) is 5. The molecule has 0 radical (unpaired) electrons. The van der Waals surface area contributed by atoms with Crippen LogP contribution >= 0.6 is 0 Å². The van der Waals surface area contributed by atoms with Crippen molar-refractivity contribution in [3.63, 3.8) is 0 Å². The molecule has 0 spiro atoms. The SMILES string of the molecule is CC1CC(NS(=O)(=O)c2ccc(C(=O)O)cn2)CCN1C. The number of carbonyl (C=O) groups is 1. The normalized spacial score (nSPS) is 23.9. The average molecular weight is 313 g/mol. The zero-order chi connectivity index (χ0) is 15.6. The third kappa shape index (κ3) is 3.78. The Kier molecular flexibility index (Phi) is 4.60. The van der Waals surface area contributed by atoms with Crippen LogP contribution in [0.15, 0.2) is 23.4 Å². The first-order valence-electron chi connectivity index (χ1n) is 6.71. The Morgan fingerprint density at radius 3 is 2.71 bits per heavy atom. The van der Waals surface area contributed by atoms with Gasteiger partial charge >= 0.3 is 5.97 Å². The summed E-state index contributed by atoms with van der Waals surface area (Å²) >= 11 is 0. The molecule has 7 nitrogen and oxygen atoms in total. The molecule has 1 aromatic rings. The lowest BCUT2D eigenvalue weighted by atomic mass is 10.0. The third-order valence-electron chi connectivity index (χ3n) is 3.79. The predicted molar refractivity (Wildman–Crippen MR) is 76.6 cm³/mol. The van der Waals surface area contributed by atoms with E-state index in [1.165, 1.54) is 12.1 Å². The van der Waals surface area contributed by atoms with Crippen molar-refractivity contribution in [3.8, 4) is 0 Å². The summed E-state index contributed by atoms with van der Waals surface area (Å²) in [7, 11) is -1.70. The van der Waals surface area contributed by atoms with E-state index in [9.17, 15) is 13.2 Å². The number of aromatic carboxylic acids is 1. The summed E-state index contributed by atoms with van der Waals surface area (Å²) in [6.45, 7) is 2.89. The molecule has 1 aliphatic heterocycles. The van der Waals surface area contributed by atoms with Crippen molar-refractivity contribution >= 4 is 16.0 Å². The van der Waals surface area contributed by atoms with Gasteiger partial charge in [0.25, 0.3) is 10.0 Å². The van der Waals surface area contributed by atoms with Crippen molar-refractivity contribution in [2.45, 2.75) is 36.9 Å². The van der Waals surface area contributed by atoms with Crippen LogP contribution in [0.4, 0.5) is 0 Å². The lowest BCUT2D eigenvalue weighted by Gasteiger charge is -2.35. The van der Waals surface area contributed by atoms with E-state index in [0.717, 1.165) is 25.6 Å². The van der Waals surface area contributed by atoms with E-state index in [1.54, 1.807) is 0 Å². The molecular weight excluding hydrogens is 294 g/mol. The maximum Gasteiger partial charge on any atom is 0.337 e. The smallest absolute Gasteiger partial charge is 0.337 e. The summed E-state index contributed by atoms with van der Waals surface area (Å²) in [6, 6.07) is 2.64. The van der Waals surface area contributed by atoms with Crippen LogP contribution in [0, 0.1) is 0 Å². The summed E-state index contributed by atoms with van der Waals surface area (Å²) in [5, 5.41) is 8.63. The van der Waals surface area contributed by atoms with E-state index in [0.29, 0.717) is 6.04 Å². The van der Waals surface area contributed by atoms with Crippen molar-refractivity contribution in [3.05, 3.63) is 23.9 Å². The summed E-state index contributed by atoms with van der Waals surface area (Å²) in [4.78, 5) is 16.7. The molecule has 0 saturated carbocycles. The molecule has 8 heteroatoms. The van der Waals surface area contributed by atoms with Crippen molar-refractivity contribution in [1.82, 2.24) is 14.6 Å². The van der Waals surface area contributed by atoms with Crippen molar-refractivity contribution in [2.24, 2.45) is 0 Å². The fourth-order valence-corrected chi connectivity index (χ4v) is 3.55. The Labute approximate surface area is 124 Å². The molecule has 2 heterocycles. The van der Waals surface area contributed by atoms with E-state index in [4.69, 9.17) is 5.11 Å². The highest BCUT2D eigenvalue weighted by Gasteiger charge is 2.27. The lowest BCUT2D eigenvalue weighted by molar-refractivity contribution is 0.0696. The van der Waals surface area contributed by atoms with Crippen LogP contribution in [0.1, 0.15) is 30.1 Å². The Bertz CT molecular complexity index is 615. The van der Waals surface area contributed by atoms with Crippen LogP contribution in [0.5, 0.6) is 0 Å². The summed E-state index contributed by atoms with van der Waals surface area (Å²) in [5.41, 5.74) is -0.0399. The molecule has 0 amide bonds. The van der Waals surface area contributed by atoms with E-state index in [-0.39, 0.29) is 16.6 Å². The number of piperidine rings is 1. The van der Waals surface area contributed by atoms with Crippen LogP contribution in [0.25, 0.3) is 0 Å². The molecule has 1 fully saturated rings. The standard InChI is InChI=1S/C13H19N3O4S/c1-9-7-11(5-6-16(9)2)15-21(19,20)12-4-3-10(8-14-12)13(17)18/h3-4,8-9,11,15H,5-7H2,1-2H3,(H,17,18). The molecule has 2 unspecified atom stereocenters. The van der Waals surface area contributed by atoms with Crippen LogP contribution in [0.3, 0.4) is 0 Å². The molecule has 2 rings (SSSR count). The number of hydrogen-bond donors (Lipinski definition) is 2. The molecule has 0 bridgehead atoms.